The molecule has 1 aliphatic heterocycles. The van der Waals surface area contributed by atoms with E-state index in [2.05, 4.69) is 25.5 Å². The van der Waals surface area contributed by atoms with E-state index in [4.69, 9.17) is 4.42 Å². The lowest BCUT2D eigenvalue weighted by atomic mass is 9.93. The lowest BCUT2D eigenvalue weighted by molar-refractivity contribution is 0.0678. The molecule has 20 heavy (non-hydrogen) atoms. The molecule has 0 N–H and O–H groups in total. The Labute approximate surface area is 125 Å². The minimum Gasteiger partial charge on any atom is -0.444 e. The number of aryl methyl sites for hydroxylation is 1. The van der Waals surface area contributed by atoms with Crippen LogP contribution in [0, 0.1) is 0 Å². The Kier molecular flexibility index (Phi) is 3.65. The summed E-state index contributed by atoms with van der Waals surface area (Å²) in [4.78, 5) is 18.3. The molecule has 0 radical (unpaired) electrons. The Morgan fingerprint density at radius 3 is 2.70 bits per heavy atom. The maximum atomic E-state index is 12.3. The van der Waals surface area contributed by atoms with Crippen LogP contribution < -0.4 is 0 Å². The van der Waals surface area contributed by atoms with Crippen LogP contribution in [-0.4, -0.2) is 33.4 Å². The second-order valence-electron chi connectivity index (χ2n) is 5.10. The summed E-state index contributed by atoms with van der Waals surface area (Å²) in [5, 5.41) is 0. The Morgan fingerprint density at radius 2 is 2.15 bits per heavy atom. The van der Waals surface area contributed by atoms with Gasteiger partial charge >= 0.3 is 0 Å². The van der Waals surface area contributed by atoms with Gasteiger partial charge in [-0.1, -0.05) is 0 Å². The molecule has 0 atom stereocenters. The molecular formula is C14H16BrN3O2. The van der Waals surface area contributed by atoms with Crippen LogP contribution in [0.1, 0.15) is 35.0 Å². The average molecular weight is 338 g/mol. The number of carbonyl (C=O) groups excluding carboxylic acids is 1. The van der Waals surface area contributed by atoms with Gasteiger partial charge in [-0.3, -0.25) is 4.79 Å². The van der Waals surface area contributed by atoms with E-state index in [-0.39, 0.29) is 5.91 Å². The molecule has 1 aliphatic rings. The summed E-state index contributed by atoms with van der Waals surface area (Å²) in [5.41, 5.74) is 1.25. The summed E-state index contributed by atoms with van der Waals surface area (Å²) < 4.78 is 7.98. The third-order valence-electron chi connectivity index (χ3n) is 3.84. The first-order valence-electron chi connectivity index (χ1n) is 6.66. The summed E-state index contributed by atoms with van der Waals surface area (Å²) >= 11 is 3.22. The third kappa shape index (κ3) is 2.52. The van der Waals surface area contributed by atoms with Crippen molar-refractivity contribution in [3.8, 4) is 0 Å². The van der Waals surface area contributed by atoms with Crippen molar-refractivity contribution in [2.45, 2.75) is 18.8 Å². The van der Waals surface area contributed by atoms with Crippen LogP contribution in [0.15, 0.2) is 33.7 Å². The second-order valence-corrected chi connectivity index (χ2v) is 5.88. The van der Waals surface area contributed by atoms with Crippen molar-refractivity contribution >= 4 is 21.8 Å². The van der Waals surface area contributed by atoms with E-state index >= 15 is 0 Å². The van der Waals surface area contributed by atoms with Crippen molar-refractivity contribution in [2.75, 3.05) is 13.1 Å². The highest BCUT2D eigenvalue weighted by molar-refractivity contribution is 9.10. The number of nitrogens with zero attached hydrogens (tertiary/aromatic N) is 3. The third-order valence-corrected chi connectivity index (χ3v) is 4.26. The van der Waals surface area contributed by atoms with Crippen LogP contribution >= 0.6 is 15.9 Å². The van der Waals surface area contributed by atoms with E-state index in [0.29, 0.717) is 16.3 Å². The van der Waals surface area contributed by atoms with Gasteiger partial charge in [-0.2, -0.15) is 0 Å². The van der Waals surface area contributed by atoms with Crippen molar-refractivity contribution in [3.05, 3.63) is 40.8 Å². The molecule has 1 saturated heterocycles. The zero-order valence-corrected chi connectivity index (χ0v) is 12.8. The van der Waals surface area contributed by atoms with Crippen LogP contribution in [0.25, 0.3) is 0 Å². The van der Waals surface area contributed by atoms with Crippen LogP contribution in [0.4, 0.5) is 0 Å². The van der Waals surface area contributed by atoms with E-state index in [1.807, 2.05) is 24.5 Å². The van der Waals surface area contributed by atoms with E-state index in [1.54, 1.807) is 12.1 Å². The number of carbonyl (C=O) groups is 1. The summed E-state index contributed by atoms with van der Waals surface area (Å²) in [6.45, 7) is 1.51. The number of hydrogen-bond acceptors (Lipinski definition) is 3. The van der Waals surface area contributed by atoms with Gasteiger partial charge in [0.2, 0.25) is 0 Å². The maximum absolute atomic E-state index is 12.3. The Morgan fingerprint density at radius 1 is 1.40 bits per heavy atom. The van der Waals surface area contributed by atoms with Gasteiger partial charge in [0.1, 0.15) is 0 Å². The van der Waals surface area contributed by atoms with E-state index in [1.165, 1.54) is 5.69 Å². The molecule has 3 rings (SSSR count). The number of halogens is 1. The van der Waals surface area contributed by atoms with Gasteiger partial charge in [0, 0.05) is 37.9 Å². The molecule has 5 nitrogen and oxygen atoms in total. The zero-order valence-electron chi connectivity index (χ0n) is 11.3. The van der Waals surface area contributed by atoms with Gasteiger partial charge in [0.25, 0.3) is 5.91 Å². The van der Waals surface area contributed by atoms with Gasteiger partial charge in [-0.05, 0) is 40.9 Å². The van der Waals surface area contributed by atoms with E-state index in [9.17, 15) is 4.79 Å². The molecule has 0 unspecified atom stereocenters. The monoisotopic (exact) mass is 337 g/mol. The largest absolute Gasteiger partial charge is 0.444 e. The number of likely N-dealkylation sites (tertiary alicyclic amines) is 1. The predicted octanol–water partition coefficient (Wildman–Crippen LogP) is 2.80. The summed E-state index contributed by atoms with van der Waals surface area (Å²) in [7, 11) is 2.01. The molecular weight excluding hydrogens is 322 g/mol. The van der Waals surface area contributed by atoms with Gasteiger partial charge in [0.05, 0.1) is 6.33 Å². The molecule has 0 aromatic carbocycles. The minimum absolute atomic E-state index is 0.0286. The molecule has 3 heterocycles. The minimum atomic E-state index is -0.0286. The fourth-order valence-electron chi connectivity index (χ4n) is 2.72. The maximum Gasteiger partial charge on any atom is 0.289 e. The van der Waals surface area contributed by atoms with Crippen LogP contribution in [-0.2, 0) is 7.05 Å². The number of imidazole rings is 1. The van der Waals surface area contributed by atoms with E-state index < -0.39 is 0 Å². The first-order chi connectivity index (χ1) is 9.65. The highest BCUT2D eigenvalue weighted by Crippen LogP contribution is 2.28. The molecule has 0 bridgehead atoms. The van der Waals surface area contributed by atoms with Crippen molar-refractivity contribution in [3.63, 3.8) is 0 Å². The first kappa shape index (κ1) is 13.4. The van der Waals surface area contributed by atoms with Crippen molar-refractivity contribution in [1.82, 2.24) is 14.5 Å². The quantitative estimate of drug-likeness (QED) is 0.846. The van der Waals surface area contributed by atoms with Crippen LogP contribution in [0.3, 0.4) is 0 Å². The molecule has 1 amide bonds. The molecule has 2 aromatic rings. The first-order valence-corrected chi connectivity index (χ1v) is 7.45. The highest BCUT2D eigenvalue weighted by atomic mass is 79.9. The summed E-state index contributed by atoms with van der Waals surface area (Å²) in [5.74, 6) is 0.852. The molecule has 0 saturated carbocycles. The van der Waals surface area contributed by atoms with Gasteiger partial charge in [-0.25, -0.2) is 4.98 Å². The van der Waals surface area contributed by atoms with Crippen LogP contribution in [0.5, 0.6) is 0 Å². The lowest BCUT2D eigenvalue weighted by Crippen LogP contribution is -2.38. The number of hydrogen-bond donors (Lipinski definition) is 0. The lowest BCUT2D eigenvalue weighted by Gasteiger charge is -2.31. The predicted molar refractivity (Wildman–Crippen MR) is 77.5 cm³/mol. The number of piperidine rings is 1. The summed E-state index contributed by atoms with van der Waals surface area (Å²) in [6.07, 6.45) is 5.68. The Hall–Kier alpha value is -1.56. The Balaban J connectivity index is 1.64. The average Bonchev–Trinajstić information content (AvgIpc) is 3.07. The number of furan rings is 1. The standard InChI is InChI=1S/C14H16BrN3O2/c1-17-9-16-8-11(17)10-4-6-18(7-5-10)14(19)12-2-3-13(15)20-12/h2-3,8-10H,4-7H2,1H3. The number of aromatic nitrogens is 2. The summed E-state index contributed by atoms with van der Waals surface area (Å²) in [6, 6.07) is 3.45. The highest BCUT2D eigenvalue weighted by Gasteiger charge is 2.27. The smallest absolute Gasteiger partial charge is 0.289 e. The topological polar surface area (TPSA) is 51.3 Å². The zero-order chi connectivity index (χ0) is 14.1. The molecule has 106 valence electrons. The molecule has 0 spiro atoms. The van der Waals surface area contributed by atoms with Crippen LogP contribution in [0.2, 0.25) is 0 Å². The van der Waals surface area contributed by atoms with Crippen molar-refractivity contribution < 1.29 is 9.21 Å². The Bertz CT molecular complexity index is 611. The normalized spacial score (nSPS) is 16.6. The SMILES string of the molecule is Cn1cncc1C1CCN(C(=O)c2ccc(Br)o2)CC1. The molecule has 2 aromatic heterocycles. The second kappa shape index (κ2) is 5.44. The van der Waals surface area contributed by atoms with E-state index in [0.717, 1.165) is 25.9 Å². The van der Waals surface area contributed by atoms with Crippen molar-refractivity contribution in [1.29, 1.82) is 0 Å². The molecule has 1 fully saturated rings. The number of amides is 1. The van der Waals surface area contributed by atoms with Gasteiger partial charge in [0.15, 0.2) is 10.4 Å². The van der Waals surface area contributed by atoms with Crippen molar-refractivity contribution in [2.24, 2.45) is 7.05 Å². The number of rotatable bonds is 2. The van der Waals surface area contributed by atoms with Gasteiger partial charge < -0.3 is 13.9 Å². The van der Waals surface area contributed by atoms with Gasteiger partial charge in [-0.15, -0.1) is 0 Å². The molecule has 6 heteroatoms. The molecule has 0 aliphatic carbocycles. The fraction of sp³-hybridized carbons (Fsp3) is 0.429. The fourth-order valence-corrected chi connectivity index (χ4v) is 3.03.